The van der Waals surface area contributed by atoms with Crippen molar-refractivity contribution in [2.24, 2.45) is 0 Å². The van der Waals surface area contributed by atoms with Crippen molar-refractivity contribution in [2.75, 3.05) is 26.2 Å². The number of ether oxygens (including phenoxy) is 1. The Labute approximate surface area is 145 Å². The van der Waals surface area contributed by atoms with Gasteiger partial charge in [-0.3, -0.25) is 9.69 Å². The first kappa shape index (κ1) is 18.4. The number of piperidine rings is 1. The summed E-state index contributed by atoms with van der Waals surface area (Å²) in [5, 5.41) is 2.97. The number of benzene rings is 1. The highest BCUT2D eigenvalue weighted by molar-refractivity contribution is 5.81. The van der Waals surface area contributed by atoms with Crippen molar-refractivity contribution in [1.29, 1.82) is 0 Å². The molecule has 1 aliphatic rings. The minimum Gasteiger partial charge on any atom is -0.492 e. The molecule has 2 rings (SSSR count). The highest BCUT2D eigenvalue weighted by Crippen LogP contribution is 2.18. The van der Waals surface area contributed by atoms with Gasteiger partial charge in [0.15, 0.2) is 0 Å². The Morgan fingerprint density at radius 2 is 2.12 bits per heavy atom. The summed E-state index contributed by atoms with van der Waals surface area (Å²) < 4.78 is 5.69. The van der Waals surface area contributed by atoms with Crippen LogP contribution >= 0.6 is 0 Å². The zero-order valence-electron chi connectivity index (χ0n) is 14.8. The van der Waals surface area contributed by atoms with E-state index in [1.165, 1.54) is 5.56 Å². The number of nitrogens with zero attached hydrogens (tertiary/aromatic N) is 1. The van der Waals surface area contributed by atoms with Gasteiger partial charge in [-0.25, -0.2) is 0 Å². The summed E-state index contributed by atoms with van der Waals surface area (Å²) in [6.07, 6.45) is 8.47. The third-order valence-corrected chi connectivity index (χ3v) is 4.43. The Morgan fingerprint density at radius 3 is 2.79 bits per heavy atom. The molecule has 1 amide bonds. The van der Waals surface area contributed by atoms with Crippen LogP contribution in [0.5, 0.6) is 5.75 Å². The molecule has 130 valence electrons. The number of amides is 1. The standard InChI is InChI=1S/C20H28N2O2/c1-4-13-22-14-6-5-7-19(22)20(23)21-12-15-24-18-10-8-17(9-11-18)16(2)3/h1,8-11,16,19H,5-7,12-15H2,2-3H3,(H,21,23). The monoisotopic (exact) mass is 328 g/mol. The molecular weight excluding hydrogens is 300 g/mol. The predicted molar refractivity (Wildman–Crippen MR) is 97.1 cm³/mol. The first-order chi connectivity index (χ1) is 11.6. The lowest BCUT2D eigenvalue weighted by molar-refractivity contribution is -0.127. The van der Waals surface area contributed by atoms with Crippen molar-refractivity contribution < 1.29 is 9.53 Å². The number of hydrogen-bond donors (Lipinski definition) is 1. The number of likely N-dealkylation sites (tertiary alicyclic amines) is 1. The van der Waals surface area contributed by atoms with Gasteiger partial charge in [0.1, 0.15) is 12.4 Å². The molecule has 1 aliphatic heterocycles. The maximum Gasteiger partial charge on any atom is 0.237 e. The van der Waals surface area contributed by atoms with Gasteiger partial charge < -0.3 is 10.1 Å². The van der Waals surface area contributed by atoms with E-state index in [1.54, 1.807) is 0 Å². The summed E-state index contributed by atoms with van der Waals surface area (Å²) in [6, 6.07) is 8.02. The summed E-state index contributed by atoms with van der Waals surface area (Å²) in [7, 11) is 0. The van der Waals surface area contributed by atoms with Crippen LogP contribution in [0.3, 0.4) is 0 Å². The normalized spacial score (nSPS) is 18.2. The topological polar surface area (TPSA) is 41.6 Å². The largest absolute Gasteiger partial charge is 0.492 e. The molecule has 1 heterocycles. The van der Waals surface area contributed by atoms with E-state index in [2.05, 4.69) is 42.1 Å². The molecule has 1 saturated heterocycles. The maximum absolute atomic E-state index is 12.3. The molecule has 0 aromatic heterocycles. The number of carbonyl (C=O) groups is 1. The second-order valence-electron chi connectivity index (χ2n) is 6.55. The average Bonchev–Trinajstić information content (AvgIpc) is 2.59. The molecule has 24 heavy (non-hydrogen) atoms. The highest BCUT2D eigenvalue weighted by Gasteiger charge is 2.27. The molecule has 1 aromatic carbocycles. The van der Waals surface area contributed by atoms with E-state index in [9.17, 15) is 4.79 Å². The average molecular weight is 328 g/mol. The van der Waals surface area contributed by atoms with Crippen LogP contribution in [0, 0.1) is 12.3 Å². The quantitative estimate of drug-likeness (QED) is 0.618. The molecule has 0 aliphatic carbocycles. The maximum atomic E-state index is 12.3. The highest BCUT2D eigenvalue weighted by atomic mass is 16.5. The van der Waals surface area contributed by atoms with Crippen LogP contribution in [0.1, 0.15) is 44.6 Å². The van der Waals surface area contributed by atoms with Gasteiger partial charge in [0.2, 0.25) is 5.91 Å². The van der Waals surface area contributed by atoms with E-state index in [0.29, 0.717) is 25.6 Å². The minimum absolute atomic E-state index is 0.0590. The third-order valence-electron chi connectivity index (χ3n) is 4.43. The van der Waals surface area contributed by atoms with Crippen LogP contribution in [0.2, 0.25) is 0 Å². The molecule has 0 radical (unpaired) electrons. The Bertz CT molecular complexity index is 560. The third kappa shape index (κ3) is 5.28. The summed E-state index contributed by atoms with van der Waals surface area (Å²) in [5.41, 5.74) is 1.29. The molecule has 0 bridgehead atoms. The molecule has 1 fully saturated rings. The second kappa shape index (κ2) is 9.34. The van der Waals surface area contributed by atoms with Crippen LogP contribution in [-0.4, -0.2) is 43.1 Å². The SMILES string of the molecule is C#CCN1CCCCC1C(=O)NCCOc1ccc(C(C)C)cc1. The Morgan fingerprint density at radius 1 is 1.38 bits per heavy atom. The summed E-state index contributed by atoms with van der Waals surface area (Å²) in [4.78, 5) is 14.4. The van der Waals surface area contributed by atoms with Crippen LogP contribution < -0.4 is 10.1 Å². The van der Waals surface area contributed by atoms with E-state index in [4.69, 9.17) is 11.2 Å². The fraction of sp³-hybridized carbons (Fsp3) is 0.550. The number of nitrogens with one attached hydrogen (secondary N) is 1. The van der Waals surface area contributed by atoms with Crippen molar-refractivity contribution in [1.82, 2.24) is 10.2 Å². The fourth-order valence-electron chi connectivity index (χ4n) is 3.00. The molecule has 0 saturated carbocycles. The lowest BCUT2D eigenvalue weighted by Gasteiger charge is -2.33. The summed E-state index contributed by atoms with van der Waals surface area (Å²) in [5.74, 6) is 4.05. The Kier molecular flexibility index (Phi) is 7.14. The molecule has 1 unspecified atom stereocenters. The lowest BCUT2D eigenvalue weighted by Crippen LogP contribution is -2.50. The van der Waals surface area contributed by atoms with Crippen LogP contribution in [0.25, 0.3) is 0 Å². The van der Waals surface area contributed by atoms with Crippen LogP contribution in [-0.2, 0) is 4.79 Å². The molecule has 1 aromatic rings. The van der Waals surface area contributed by atoms with Crippen molar-refractivity contribution in [3.63, 3.8) is 0 Å². The predicted octanol–water partition coefficient (Wildman–Crippen LogP) is 2.79. The molecule has 4 heteroatoms. The second-order valence-corrected chi connectivity index (χ2v) is 6.55. The first-order valence-electron chi connectivity index (χ1n) is 8.80. The molecular formula is C20H28N2O2. The lowest BCUT2D eigenvalue weighted by atomic mass is 10.0. The number of rotatable bonds is 7. The van der Waals surface area contributed by atoms with E-state index in [-0.39, 0.29) is 11.9 Å². The number of terminal acetylenes is 1. The Hall–Kier alpha value is -1.99. The van der Waals surface area contributed by atoms with Gasteiger partial charge in [-0.05, 0) is 43.0 Å². The van der Waals surface area contributed by atoms with Crippen molar-refractivity contribution in [2.45, 2.75) is 45.1 Å². The van der Waals surface area contributed by atoms with E-state index >= 15 is 0 Å². The van der Waals surface area contributed by atoms with Gasteiger partial charge in [0, 0.05) is 0 Å². The van der Waals surface area contributed by atoms with Crippen LogP contribution in [0.15, 0.2) is 24.3 Å². The Balaban J connectivity index is 1.73. The molecule has 1 N–H and O–H groups in total. The van der Waals surface area contributed by atoms with Gasteiger partial charge in [-0.2, -0.15) is 0 Å². The van der Waals surface area contributed by atoms with Gasteiger partial charge in [0.25, 0.3) is 0 Å². The van der Waals surface area contributed by atoms with Crippen molar-refractivity contribution in [3.05, 3.63) is 29.8 Å². The van der Waals surface area contributed by atoms with Gasteiger partial charge in [-0.15, -0.1) is 6.42 Å². The molecule has 1 atom stereocenters. The zero-order valence-corrected chi connectivity index (χ0v) is 14.8. The minimum atomic E-state index is -0.0971. The van der Waals surface area contributed by atoms with Crippen molar-refractivity contribution in [3.8, 4) is 18.1 Å². The first-order valence-corrected chi connectivity index (χ1v) is 8.80. The summed E-state index contributed by atoms with van der Waals surface area (Å²) in [6.45, 7) is 6.75. The van der Waals surface area contributed by atoms with Gasteiger partial charge in [0.05, 0.1) is 19.1 Å². The number of carbonyl (C=O) groups excluding carboxylic acids is 1. The molecule has 4 nitrogen and oxygen atoms in total. The van der Waals surface area contributed by atoms with E-state index in [0.717, 1.165) is 31.6 Å². The molecule has 0 spiro atoms. The number of hydrogen-bond acceptors (Lipinski definition) is 3. The van der Waals surface area contributed by atoms with E-state index < -0.39 is 0 Å². The zero-order chi connectivity index (χ0) is 17.4. The van der Waals surface area contributed by atoms with E-state index in [1.807, 2.05) is 12.1 Å². The smallest absolute Gasteiger partial charge is 0.237 e. The van der Waals surface area contributed by atoms with Crippen LogP contribution in [0.4, 0.5) is 0 Å². The van der Waals surface area contributed by atoms with Crippen molar-refractivity contribution >= 4 is 5.91 Å². The fourth-order valence-corrected chi connectivity index (χ4v) is 3.00. The van der Waals surface area contributed by atoms with Gasteiger partial charge >= 0.3 is 0 Å². The van der Waals surface area contributed by atoms with Gasteiger partial charge in [-0.1, -0.05) is 38.3 Å². The summed E-state index contributed by atoms with van der Waals surface area (Å²) >= 11 is 0.